The van der Waals surface area contributed by atoms with E-state index in [2.05, 4.69) is 21.0 Å². The first-order chi connectivity index (χ1) is 14.5. The van der Waals surface area contributed by atoms with Gasteiger partial charge in [0, 0.05) is 22.7 Å². The summed E-state index contributed by atoms with van der Waals surface area (Å²) in [6, 6.07) is 13.9. The number of nitrogens with zero attached hydrogens (tertiary/aromatic N) is 3. The average Bonchev–Trinajstić information content (AvgIpc) is 3.19. The summed E-state index contributed by atoms with van der Waals surface area (Å²) in [5.41, 5.74) is 6.06. The zero-order valence-corrected chi connectivity index (χ0v) is 18.0. The Labute approximate surface area is 182 Å². The van der Waals surface area contributed by atoms with E-state index in [9.17, 15) is 9.59 Å². The predicted molar refractivity (Wildman–Crippen MR) is 115 cm³/mol. The van der Waals surface area contributed by atoms with E-state index in [0.29, 0.717) is 28.1 Å². The van der Waals surface area contributed by atoms with Crippen molar-refractivity contribution in [2.75, 3.05) is 12.9 Å². The number of hydrogen-bond acceptors (Lipinski definition) is 6. The lowest BCUT2D eigenvalue weighted by Crippen LogP contribution is -2.42. The summed E-state index contributed by atoms with van der Waals surface area (Å²) in [6.07, 6.45) is 0. The standard InChI is InChI=1S/C20H20ClN5O3S/c1-3-26-18(13-6-10-16(29-2)11-7-13)23-25-20(26)30-12-17(27)22-24-19(28)14-4-8-15(21)9-5-14/h4-11H,3,12H2,1-2H3,(H,22,27)(H,24,28). The van der Waals surface area contributed by atoms with Gasteiger partial charge in [-0.05, 0) is 55.5 Å². The van der Waals surface area contributed by atoms with Crippen LogP contribution in [0.1, 0.15) is 17.3 Å². The molecule has 0 spiro atoms. The third-order valence-electron chi connectivity index (χ3n) is 4.14. The van der Waals surface area contributed by atoms with Gasteiger partial charge in [-0.3, -0.25) is 20.4 Å². The number of hydrogen-bond donors (Lipinski definition) is 2. The van der Waals surface area contributed by atoms with Gasteiger partial charge >= 0.3 is 0 Å². The van der Waals surface area contributed by atoms with Crippen molar-refractivity contribution in [2.45, 2.75) is 18.6 Å². The van der Waals surface area contributed by atoms with Crippen molar-refractivity contribution in [2.24, 2.45) is 0 Å². The van der Waals surface area contributed by atoms with Crippen LogP contribution >= 0.6 is 23.4 Å². The first kappa shape index (κ1) is 21.7. The molecule has 2 aromatic carbocycles. The predicted octanol–water partition coefficient (Wildman–Crippen LogP) is 3.18. The Morgan fingerprint density at radius 2 is 1.77 bits per heavy atom. The third-order valence-corrected chi connectivity index (χ3v) is 5.35. The molecule has 3 rings (SSSR count). The van der Waals surface area contributed by atoms with Crippen molar-refractivity contribution < 1.29 is 14.3 Å². The highest BCUT2D eigenvalue weighted by Gasteiger charge is 2.15. The van der Waals surface area contributed by atoms with Crippen LogP contribution < -0.4 is 15.6 Å². The first-order valence-electron chi connectivity index (χ1n) is 9.07. The fourth-order valence-electron chi connectivity index (χ4n) is 2.60. The molecule has 2 amide bonds. The molecule has 156 valence electrons. The van der Waals surface area contributed by atoms with Crippen molar-refractivity contribution in [3.63, 3.8) is 0 Å². The average molecular weight is 446 g/mol. The monoisotopic (exact) mass is 445 g/mol. The van der Waals surface area contributed by atoms with Gasteiger partial charge in [0.15, 0.2) is 11.0 Å². The second-order valence-corrected chi connectivity index (χ2v) is 7.46. The van der Waals surface area contributed by atoms with E-state index in [-0.39, 0.29) is 11.7 Å². The van der Waals surface area contributed by atoms with E-state index in [1.54, 1.807) is 31.4 Å². The van der Waals surface area contributed by atoms with Crippen LogP contribution in [0.15, 0.2) is 53.7 Å². The van der Waals surface area contributed by atoms with E-state index in [1.807, 2.05) is 35.8 Å². The minimum absolute atomic E-state index is 0.0711. The van der Waals surface area contributed by atoms with Crippen LogP contribution in [-0.2, 0) is 11.3 Å². The number of carbonyl (C=O) groups excluding carboxylic acids is 2. The van der Waals surface area contributed by atoms with Crippen LogP contribution in [0.2, 0.25) is 5.02 Å². The second kappa shape index (κ2) is 10.1. The topological polar surface area (TPSA) is 98.1 Å². The molecular weight excluding hydrogens is 426 g/mol. The molecule has 10 heteroatoms. The van der Waals surface area contributed by atoms with E-state index >= 15 is 0 Å². The maximum Gasteiger partial charge on any atom is 0.269 e. The minimum atomic E-state index is -0.427. The molecule has 0 unspecified atom stereocenters. The number of carbonyl (C=O) groups is 2. The second-order valence-electron chi connectivity index (χ2n) is 6.08. The van der Waals surface area contributed by atoms with Crippen LogP contribution in [0.4, 0.5) is 0 Å². The van der Waals surface area contributed by atoms with Crippen LogP contribution in [0, 0.1) is 0 Å². The van der Waals surface area contributed by atoms with Crippen molar-refractivity contribution in [1.29, 1.82) is 0 Å². The summed E-state index contributed by atoms with van der Waals surface area (Å²) in [7, 11) is 1.61. The fourth-order valence-corrected chi connectivity index (χ4v) is 3.53. The van der Waals surface area contributed by atoms with Gasteiger partial charge in [-0.15, -0.1) is 10.2 Å². The number of halogens is 1. The van der Waals surface area contributed by atoms with Crippen molar-refractivity contribution in [3.05, 3.63) is 59.1 Å². The Morgan fingerprint density at radius 1 is 1.07 bits per heavy atom. The van der Waals surface area contributed by atoms with Crippen LogP contribution in [0.3, 0.4) is 0 Å². The van der Waals surface area contributed by atoms with Gasteiger partial charge in [-0.25, -0.2) is 0 Å². The van der Waals surface area contributed by atoms with E-state index in [4.69, 9.17) is 16.3 Å². The summed E-state index contributed by atoms with van der Waals surface area (Å²) in [5, 5.41) is 9.59. The maximum absolute atomic E-state index is 12.1. The molecule has 1 aromatic heterocycles. The zero-order valence-electron chi connectivity index (χ0n) is 16.4. The Morgan fingerprint density at radius 3 is 2.40 bits per heavy atom. The summed E-state index contributed by atoms with van der Waals surface area (Å²) < 4.78 is 7.10. The molecule has 2 N–H and O–H groups in total. The lowest BCUT2D eigenvalue weighted by Gasteiger charge is -2.09. The maximum atomic E-state index is 12.1. The van der Waals surface area contributed by atoms with Crippen LogP contribution in [0.25, 0.3) is 11.4 Å². The van der Waals surface area contributed by atoms with E-state index < -0.39 is 5.91 Å². The number of amides is 2. The van der Waals surface area contributed by atoms with Crippen LogP contribution in [0.5, 0.6) is 5.75 Å². The number of nitrogens with one attached hydrogen (secondary N) is 2. The smallest absolute Gasteiger partial charge is 0.269 e. The molecule has 8 nitrogen and oxygen atoms in total. The molecule has 0 saturated heterocycles. The van der Waals surface area contributed by atoms with Gasteiger partial charge in [0.1, 0.15) is 5.75 Å². The minimum Gasteiger partial charge on any atom is -0.497 e. The van der Waals surface area contributed by atoms with Crippen molar-refractivity contribution in [1.82, 2.24) is 25.6 Å². The molecule has 0 bridgehead atoms. The Balaban J connectivity index is 1.57. The number of methoxy groups -OCH3 is 1. The third kappa shape index (κ3) is 5.31. The molecule has 0 atom stereocenters. The van der Waals surface area contributed by atoms with Gasteiger partial charge in [-0.1, -0.05) is 23.4 Å². The number of rotatable bonds is 7. The summed E-state index contributed by atoms with van der Waals surface area (Å²) in [6.45, 7) is 2.62. The van der Waals surface area contributed by atoms with Crippen molar-refractivity contribution in [3.8, 4) is 17.1 Å². The highest BCUT2D eigenvalue weighted by molar-refractivity contribution is 7.99. The van der Waals surface area contributed by atoms with E-state index in [0.717, 1.165) is 11.3 Å². The number of aromatic nitrogens is 3. The number of hydrazine groups is 1. The lowest BCUT2D eigenvalue weighted by atomic mass is 10.2. The number of ether oxygens (including phenoxy) is 1. The van der Waals surface area contributed by atoms with Crippen molar-refractivity contribution >= 4 is 35.2 Å². The highest BCUT2D eigenvalue weighted by atomic mass is 35.5. The molecule has 0 aliphatic heterocycles. The van der Waals surface area contributed by atoms with Gasteiger partial charge in [-0.2, -0.15) is 0 Å². The molecule has 0 fully saturated rings. The molecule has 0 saturated carbocycles. The van der Waals surface area contributed by atoms with Gasteiger partial charge in [0.05, 0.1) is 12.9 Å². The number of thioether (sulfide) groups is 1. The highest BCUT2D eigenvalue weighted by Crippen LogP contribution is 2.25. The lowest BCUT2D eigenvalue weighted by molar-refractivity contribution is -0.119. The fraction of sp³-hybridized carbons (Fsp3) is 0.200. The molecule has 3 aromatic rings. The van der Waals surface area contributed by atoms with Gasteiger partial charge in [0.25, 0.3) is 5.91 Å². The molecule has 30 heavy (non-hydrogen) atoms. The summed E-state index contributed by atoms with van der Waals surface area (Å²) in [5.74, 6) is 0.747. The Hall–Kier alpha value is -3.04. The quantitative estimate of drug-likeness (QED) is 0.428. The first-order valence-corrected chi connectivity index (χ1v) is 10.4. The zero-order chi connectivity index (χ0) is 21.5. The Bertz CT molecular complexity index is 1020. The summed E-state index contributed by atoms with van der Waals surface area (Å²) >= 11 is 7.04. The molecule has 0 aliphatic rings. The molecule has 0 radical (unpaired) electrons. The summed E-state index contributed by atoms with van der Waals surface area (Å²) in [4.78, 5) is 24.1. The molecular formula is C20H20ClN5O3S. The Kier molecular flexibility index (Phi) is 7.31. The number of benzene rings is 2. The largest absolute Gasteiger partial charge is 0.497 e. The van der Waals surface area contributed by atoms with Gasteiger partial charge in [0.2, 0.25) is 5.91 Å². The van der Waals surface area contributed by atoms with Crippen LogP contribution in [-0.4, -0.2) is 39.4 Å². The normalized spacial score (nSPS) is 10.5. The molecule has 1 heterocycles. The van der Waals surface area contributed by atoms with E-state index in [1.165, 1.54) is 11.8 Å². The SMILES string of the molecule is CCn1c(SCC(=O)NNC(=O)c2ccc(Cl)cc2)nnc1-c1ccc(OC)cc1. The van der Waals surface area contributed by atoms with Gasteiger partial charge < -0.3 is 9.30 Å². The molecule has 0 aliphatic carbocycles.